The van der Waals surface area contributed by atoms with Crippen molar-refractivity contribution in [3.05, 3.63) is 54.1 Å². The molecular weight excluding hydrogens is 296 g/mol. The lowest BCUT2D eigenvalue weighted by Crippen LogP contribution is -2.45. The predicted octanol–water partition coefficient (Wildman–Crippen LogP) is 4.15. The monoisotopic (exact) mass is 324 g/mol. The van der Waals surface area contributed by atoms with E-state index in [1.807, 2.05) is 0 Å². The molecule has 0 radical (unpaired) electrons. The Kier molecular flexibility index (Phi) is 5.54. The van der Waals surface area contributed by atoms with Gasteiger partial charge in [0.1, 0.15) is 5.75 Å². The third-order valence-corrected chi connectivity index (χ3v) is 4.70. The molecule has 1 fully saturated rings. The van der Waals surface area contributed by atoms with Gasteiger partial charge >= 0.3 is 0 Å². The first-order chi connectivity index (χ1) is 11.7. The first kappa shape index (κ1) is 17.0. The molecule has 3 nitrogen and oxygen atoms in total. The van der Waals surface area contributed by atoms with Gasteiger partial charge in [-0.2, -0.15) is 0 Å². The van der Waals surface area contributed by atoms with Crippen molar-refractivity contribution in [3.8, 4) is 5.75 Å². The van der Waals surface area contributed by atoms with Crippen LogP contribution in [0.15, 0.2) is 48.6 Å². The van der Waals surface area contributed by atoms with Gasteiger partial charge < -0.3 is 10.1 Å². The summed E-state index contributed by atoms with van der Waals surface area (Å²) < 4.78 is 6.03. The number of hydrogen-bond acceptors (Lipinski definition) is 3. The molecular formula is C21H28N2O. The SMILES string of the molecule is C=C(C)C[C@@H](c1c(OCC)ccc2ccccc12)N1CCNCC1. The fourth-order valence-corrected chi connectivity index (χ4v) is 3.64. The Labute approximate surface area is 145 Å². The minimum absolute atomic E-state index is 0.317. The van der Waals surface area contributed by atoms with E-state index in [1.165, 1.54) is 21.9 Å². The standard InChI is InChI=1S/C21H28N2O/c1-4-24-20-10-9-17-7-5-6-8-18(17)21(20)19(15-16(2)3)23-13-11-22-12-14-23/h5-10,19,22H,2,4,11-15H2,1,3H3/t19-/m0/s1. The molecule has 1 saturated heterocycles. The van der Waals surface area contributed by atoms with E-state index in [1.54, 1.807) is 0 Å². The molecule has 0 spiro atoms. The molecule has 2 aromatic carbocycles. The van der Waals surface area contributed by atoms with Gasteiger partial charge in [-0.3, -0.25) is 4.90 Å². The molecule has 3 rings (SSSR count). The van der Waals surface area contributed by atoms with E-state index < -0.39 is 0 Å². The van der Waals surface area contributed by atoms with Gasteiger partial charge in [0.15, 0.2) is 0 Å². The lowest BCUT2D eigenvalue weighted by Gasteiger charge is -2.36. The summed E-state index contributed by atoms with van der Waals surface area (Å²) in [5, 5.41) is 6.03. The van der Waals surface area contributed by atoms with Crippen LogP contribution in [0.5, 0.6) is 5.75 Å². The van der Waals surface area contributed by atoms with Crippen molar-refractivity contribution in [2.75, 3.05) is 32.8 Å². The van der Waals surface area contributed by atoms with Crippen LogP contribution in [0.1, 0.15) is 31.9 Å². The summed E-state index contributed by atoms with van der Waals surface area (Å²) in [6.07, 6.45) is 0.966. The van der Waals surface area contributed by atoms with Crippen LogP contribution in [0.25, 0.3) is 10.8 Å². The van der Waals surface area contributed by atoms with E-state index in [0.717, 1.165) is 38.3 Å². The number of rotatable bonds is 6. The summed E-state index contributed by atoms with van der Waals surface area (Å²) in [6, 6.07) is 13.2. The van der Waals surface area contributed by atoms with Gasteiger partial charge in [-0.25, -0.2) is 0 Å². The van der Waals surface area contributed by atoms with E-state index in [0.29, 0.717) is 12.6 Å². The third kappa shape index (κ3) is 3.63. The van der Waals surface area contributed by atoms with Gasteiger partial charge in [-0.1, -0.05) is 35.9 Å². The summed E-state index contributed by atoms with van der Waals surface area (Å²) >= 11 is 0. The number of benzene rings is 2. The summed E-state index contributed by atoms with van der Waals surface area (Å²) in [5.41, 5.74) is 2.54. The predicted molar refractivity (Wildman–Crippen MR) is 102 cm³/mol. The Hall–Kier alpha value is -1.84. The Morgan fingerprint density at radius 3 is 2.67 bits per heavy atom. The average Bonchev–Trinajstić information content (AvgIpc) is 2.61. The largest absolute Gasteiger partial charge is 0.494 e. The molecule has 1 heterocycles. The third-order valence-electron chi connectivity index (χ3n) is 4.70. The van der Waals surface area contributed by atoms with Gasteiger partial charge in [0.05, 0.1) is 6.61 Å². The summed E-state index contributed by atoms with van der Waals surface area (Å²) in [7, 11) is 0. The van der Waals surface area contributed by atoms with E-state index in [2.05, 4.69) is 67.0 Å². The van der Waals surface area contributed by atoms with Crippen molar-refractivity contribution in [1.29, 1.82) is 0 Å². The Bertz CT molecular complexity index is 704. The maximum absolute atomic E-state index is 6.03. The summed E-state index contributed by atoms with van der Waals surface area (Å²) in [4.78, 5) is 2.58. The minimum Gasteiger partial charge on any atom is -0.494 e. The van der Waals surface area contributed by atoms with Crippen molar-refractivity contribution >= 4 is 10.8 Å². The maximum Gasteiger partial charge on any atom is 0.124 e. The molecule has 2 aromatic rings. The van der Waals surface area contributed by atoms with Crippen LogP contribution >= 0.6 is 0 Å². The molecule has 1 aliphatic heterocycles. The highest BCUT2D eigenvalue weighted by Gasteiger charge is 2.26. The highest BCUT2D eigenvalue weighted by Crippen LogP contribution is 2.39. The van der Waals surface area contributed by atoms with E-state index in [-0.39, 0.29) is 0 Å². The van der Waals surface area contributed by atoms with Gasteiger partial charge in [0.2, 0.25) is 0 Å². The maximum atomic E-state index is 6.03. The second-order valence-corrected chi connectivity index (χ2v) is 6.59. The van der Waals surface area contributed by atoms with Crippen LogP contribution in [0.4, 0.5) is 0 Å². The number of nitrogens with zero attached hydrogens (tertiary/aromatic N) is 1. The molecule has 24 heavy (non-hydrogen) atoms. The topological polar surface area (TPSA) is 24.5 Å². The van der Waals surface area contributed by atoms with E-state index in [9.17, 15) is 0 Å². The van der Waals surface area contributed by atoms with Crippen LogP contribution in [-0.2, 0) is 0 Å². The van der Waals surface area contributed by atoms with Crippen molar-refractivity contribution in [3.63, 3.8) is 0 Å². The highest BCUT2D eigenvalue weighted by atomic mass is 16.5. The number of ether oxygens (including phenoxy) is 1. The molecule has 1 N–H and O–H groups in total. The lowest BCUT2D eigenvalue weighted by molar-refractivity contribution is 0.169. The molecule has 0 aliphatic carbocycles. The van der Waals surface area contributed by atoms with E-state index in [4.69, 9.17) is 4.74 Å². The number of fused-ring (bicyclic) bond motifs is 1. The van der Waals surface area contributed by atoms with Crippen molar-refractivity contribution < 1.29 is 4.74 Å². The minimum atomic E-state index is 0.317. The number of nitrogens with one attached hydrogen (secondary N) is 1. The zero-order valence-corrected chi connectivity index (χ0v) is 14.8. The first-order valence-corrected chi connectivity index (χ1v) is 8.94. The second-order valence-electron chi connectivity index (χ2n) is 6.59. The van der Waals surface area contributed by atoms with Crippen LogP contribution in [0.2, 0.25) is 0 Å². The van der Waals surface area contributed by atoms with Crippen LogP contribution in [-0.4, -0.2) is 37.7 Å². The van der Waals surface area contributed by atoms with Gasteiger partial charge in [-0.05, 0) is 37.1 Å². The van der Waals surface area contributed by atoms with Gasteiger partial charge in [-0.15, -0.1) is 6.58 Å². The molecule has 0 unspecified atom stereocenters. The molecule has 1 aliphatic rings. The highest BCUT2D eigenvalue weighted by molar-refractivity contribution is 5.88. The molecule has 0 bridgehead atoms. The Morgan fingerprint density at radius 2 is 1.96 bits per heavy atom. The number of piperazine rings is 1. The van der Waals surface area contributed by atoms with Crippen molar-refractivity contribution in [1.82, 2.24) is 10.2 Å². The molecule has 0 saturated carbocycles. The molecule has 128 valence electrons. The fraction of sp³-hybridized carbons (Fsp3) is 0.429. The zero-order chi connectivity index (χ0) is 16.9. The fourth-order valence-electron chi connectivity index (χ4n) is 3.64. The number of hydrogen-bond donors (Lipinski definition) is 1. The molecule has 0 aromatic heterocycles. The average molecular weight is 324 g/mol. The van der Waals surface area contributed by atoms with E-state index >= 15 is 0 Å². The van der Waals surface area contributed by atoms with Crippen molar-refractivity contribution in [2.45, 2.75) is 26.3 Å². The zero-order valence-electron chi connectivity index (χ0n) is 14.8. The van der Waals surface area contributed by atoms with Crippen LogP contribution in [0.3, 0.4) is 0 Å². The smallest absolute Gasteiger partial charge is 0.124 e. The van der Waals surface area contributed by atoms with Crippen molar-refractivity contribution in [2.24, 2.45) is 0 Å². The van der Waals surface area contributed by atoms with Crippen LogP contribution < -0.4 is 10.1 Å². The van der Waals surface area contributed by atoms with Gasteiger partial charge in [0.25, 0.3) is 0 Å². The Balaban J connectivity index is 2.13. The summed E-state index contributed by atoms with van der Waals surface area (Å²) in [5.74, 6) is 1.01. The molecule has 3 heteroatoms. The Morgan fingerprint density at radius 1 is 1.21 bits per heavy atom. The summed E-state index contributed by atoms with van der Waals surface area (Å²) in [6.45, 7) is 13.3. The second kappa shape index (κ2) is 7.82. The first-order valence-electron chi connectivity index (χ1n) is 8.94. The molecule has 1 atom stereocenters. The quantitative estimate of drug-likeness (QED) is 0.808. The normalized spacial score (nSPS) is 16.9. The molecule has 0 amide bonds. The van der Waals surface area contributed by atoms with Gasteiger partial charge in [0, 0.05) is 37.8 Å². The van der Waals surface area contributed by atoms with Crippen LogP contribution in [0, 0.1) is 0 Å². The lowest BCUT2D eigenvalue weighted by atomic mass is 9.92.